The molecule has 0 aliphatic heterocycles. The SMILES string of the molecule is C[n+]1ccn(CCN(CC(=O)[O-])CC(=O)[O-])c1.C[n+]1ccn(CCN(CC(=O)[O-])CC(=O)[O-])c1.O.O.[Ni+2]. The molecule has 0 saturated carbocycles. The molecule has 0 bridgehead atoms. The number of carboxylic acids is 4. The minimum atomic E-state index is -1.30. The maximum atomic E-state index is 10.4. The van der Waals surface area contributed by atoms with Crippen LogP contribution in [0.2, 0.25) is 0 Å². The van der Waals surface area contributed by atoms with E-state index < -0.39 is 50.1 Å². The summed E-state index contributed by atoms with van der Waals surface area (Å²) in [6.45, 7) is -0.0540. The number of nitrogens with zero attached hydrogens (tertiary/aromatic N) is 6. The molecular weight excluding hydrogens is 543 g/mol. The molecule has 0 amide bonds. The van der Waals surface area contributed by atoms with Gasteiger partial charge in [0.05, 0.1) is 38.0 Å². The van der Waals surface area contributed by atoms with E-state index in [1.165, 1.54) is 9.80 Å². The standard InChI is InChI=1S/2C10H15N3O4.Ni.2H2O/c2*1-11-2-3-12(8-11)4-5-13(6-9(14)15)7-10(16)17;;;/h2*2-3,8H,4-7H2,1H3,(H-,14,15,16,17);;2*1H2/q;;+2;;/p-2. The first-order valence-electron chi connectivity index (χ1n) is 10.2. The maximum Gasteiger partial charge on any atom is 2.00 e. The van der Waals surface area contributed by atoms with Crippen molar-refractivity contribution in [2.75, 3.05) is 39.3 Å². The normalized spacial score (nSPS) is 9.84. The van der Waals surface area contributed by atoms with Crippen LogP contribution in [0.4, 0.5) is 0 Å². The molecule has 16 nitrogen and oxygen atoms in total. The van der Waals surface area contributed by atoms with E-state index in [1.807, 2.05) is 69.8 Å². The van der Waals surface area contributed by atoms with E-state index in [1.54, 1.807) is 0 Å². The number of carbonyl (C=O) groups excluding carboxylic acids is 4. The summed E-state index contributed by atoms with van der Waals surface area (Å²) in [5, 5.41) is 41.7. The average molecular weight is 575 g/mol. The Morgan fingerprint density at radius 3 is 1.11 bits per heavy atom. The molecule has 0 fully saturated rings. The van der Waals surface area contributed by atoms with Crippen LogP contribution >= 0.6 is 0 Å². The molecule has 0 aromatic carbocycles. The van der Waals surface area contributed by atoms with E-state index in [9.17, 15) is 39.6 Å². The van der Waals surface area contributed by atoms with Crippen LogP contribution in [0.25, 0.3) is 0 Å². The van der Waals surface area contributed by atoms with Crippen LogP contribution in [0.5, 0.6) is 0 Å². The van der Waals surface area contributed by atoms with Gasteiger partial charge in [-0.2, -0.15) is 0 Å². The number of imidazole rings is 2. The van der Waals surface area contributed by atoms with Crippen molar-refractivity contribution in [3.05, 3.63) is 37.4 Å². The fourth-order valence-corrected chi connectivity index (χ4v) is 2.94. The van der Waals surface area contributed by atoms with Gasteiger partial charge in [-0.3, -0.25) is 9.80 Å². The molecule has 2 aromatic rings. The van der Waals surface area contributed by atoms with E-state index in [0.717, 1.165) is 0 Å². The molecule has 2 rings (SSSR count). The van der Waals surface area contributed by atoms with E-state index in [-0.39, 0.29) is 27.4 Å². The van der Waals surface area contributed by atoms with Crippen molar-refractivity contribution in [3.8, 4) is 0 Å². The quantitative estimate of drug-likeness (QED) is 0.152. The Morgan fingerprint density at radius 2 is 0.919 bits per heavy atom. The number of hydrogen-bond acceptors (Lipinski definition) is 10. The zero-order valence-electron chi connectivity index (χ0n) is 20.4. The number of rotatable bonds is 14. The van der Waals surface area contributed by atoms with E-state index in [0.29, 0.717) is 26.2 Å². The molecule has 37 heavy (non-hydrogen) atoms. The van der Waals surface area contributed by atoms with Crippen molar-refractivity contribution in [3.63, 3.8) is 0 Å². The first-order valence-corrected chi connectivity index (χ1v) is 10.2. The molecule has 0 saturated heterocycles. The summed E-state index contributed by atoms with van der Waals surface area (Å²) in [5.74, 6) is -5.21. The number of hydrogen-bond donors (Lipinski definition) is 0. The molecule has 4 N–H and O–H groups in total. The molecular formula is C20H32N6NiO10. The van der Waals surface area contributed by atoms with Gasteiger partial charge in [0, 0.05) is 39.3 Å². The third-order valence-electron chi connectivity index (χ3n) is 4.41. The van der Waals surface area contributed by atoms with Gasteiger partial charge in [0.2, 0.25) is 12.7 Å². The zero-order chi connectivity index (χ0) is 25.7. The number of carboxylic acid groups (broad SMARTS) is 4. The second-order valence-electron chi connectivity index (χ2n) is 7.54. The molecule has 0 spiro atoms. The van der Waals surface area contributed by atoms with Crippen molar-refractivity contribution in [2.45, 2.75) is 13.1 Å². The minimum absolute atomic E-state index is 0. The van der Waals surface area contributed by atoms with Gasteiger partial charge in [0.25, 0.3) is 0 Å². The van der Waals surface area contributed by atoms with Crippen LogP contribution in [-0.2, 0) is 62.9 Å². The van der Waals surface area contributed by atoms with Crippen LogP contribution < -0.4 is 29.6 Å². The molecule has 17 heteroatoms. The summed E-state index contributed by atoms with van der Waals surface area (Å²) in [4.78, 5) is 44.2. The molecule has 2 aromatic heterocycles. The monoisotopic (exact) mass is 574 g/mol. The Labute approximate surface area is 223 Å². The average Bonchev–Trinajstić information content (AvgIpc) is 3.31. The van der Waals surface area contributed by atoms with Crippen molar-refractivity contribution < 1.29 is 76.2 Å². The number of aryl methyl sites for hydroxylation is 2. The van der Waals surface area contributed by atoms with Crippen LogP contribution in [0, 0.1) is 0 Å². The van der Waals surface area contributed by atoms with Crippen molar-refractivity contribution >= 4 is 23.9 Å². The predicted molar refractivity (Wildman–Crippen MR) is 111 cm³/mol. The molecule has 0 aliphatic rings. The molecule has 0 unspecified atom stereocenters. The van der Waals surface area contributed by atoms with E-state index in [2.05, 4.69) is 0 Å². The third-order valence-corrected chi connectivity index (χ3v) is 4.41. The largest absolute Gasteiger partial charge is 2.00 e. The topological polar surface area (TPSA) is 248 Å². The second kappa shape index (κ2) is 19.8. The van der Waals surface area contributed by atoms with Gasteiger partial charge in [-0.15, -0.1) is 0 Å². The van der Waals surface area contributed by atoms with Gasteiger partial charge >= 0.3 is 16.5 Å². The summed E-state index contributed by atoms with van der Waals surface area (Å²) < 4.78 is 7.33. The summed E-state index contributed by atoms with van der Waals surface area (Å²) in [5.41, 5.74) is 0. The van der Waals surface area contributed by atoms with Gasteiger partial charge in [-0.1, -0.05) is 0 Å². The predicted octanol–water partition coefficient (Wildman–Crippen LogP) is -9.42. The first kappa shape index (κ1) is 38.2. The summed E-state index contributed by atoms with van der Waals surface area (Å²) >= 11 is 0. The minimum Gasteiger partial charge on any atom is -0.549 e. The van der Waals surface area contributed by atoms with E-state index in [4.69, 9.17) is 0 Å². The first-order chi connectivity index (χ1) is 15.9. The van der Waals surface area contributed by atoms with Gasteiger partial charge in [-0.05, 0) is 0 Å². The molecule has 0 radical (unpaired) electrons. The van der Waals surface area contributed by atoms with Gasteiger partial charge in [0.15, 0.2) is 0 Å². The van der Waals surface area contributed by atoms with E-state index >= 15 is 0 Å². The zero-order valence-corrected chi connectivity index (χ0v) is 21.4. The fourth-order valence-electron chi connectivity index (χ4n) is 2.94. The van der Waals surface area contributed by atoms with Gasteiger partial charge < -0.3 is 50.6 Å². The summed E-state index contributed by atoms with van der Waals surface area (Å²) in [6.07, 6.45) is 10.9. The van der Waals surface area contributed by atoms with Crippen molar-refractivity contribution in [1.82, 2.24) is 18.9 Å². The Kier molecular flexibility index (Phi) is 20.4. The number of aromatic nitrogens is 4. The Hall–Kier alpha value is -3.37. The Bertz CT molecular complexity index is 859. The second-order valence-corrected chi connectivity index (χ2v) is 7.54. The van der Waals surface area contributed by atoms with Gasteiger partial charge in [0.1, 0.15) is 37.9 Å². The van der Waals surface area contributed by atoms with Crippen LogP contribution in [0.15, 0.2) is 37.4 Å². The third kappa shape index (κ3) is 18.5. The smallest absolute Gasteiger partial charge is 0.549 e. The fraction of sp³-hybridized carbons (Fsp3) is 0.500. The van der Waals surface area contributed by atoms with Crippen molar-refractivity contribution in [1.29, 1.82) is 0 Å². The van der Waals surface area contributed by atoms with Crippen molar-refractivity contribution in [2.24, 2.45) is 14.1 Å². The van der Waals surface area contributed by atoms with Gasteiger partial charge in [-0.25, -0.2) is 18.3 Å². The molecule has 0 atom stereocenters. The molecule has 212 valence electrons. The molecule has 0 aliphatic carbocycles. The molecule has 2 heterocycles. The maximum absolute atomic E-state index is 10.4. The van der Waals surface area contributed by atoms with Crippen LogP contribution in [0.1, 0.15) is 0 Å². The Balaban J connectivity index is -0.000000578. The summed E-state index contributed by atoms with van der Waals surface area (Å²) in [6, 6.07) is 0. The number of carbonyl (C=O) groups is 4. The Morgan fingerprint density at radius 1 is 0.649 bits per heavy atom. The number of aliphatic carboxylic acids is 4. The van der Waals surface area contributed by atoms with Crippen LogP contribution in [-0.4, -0.2) is 93.0 Å². The summed E-state index contributed by atoms with van der Waals surface area (Å²) in [7, 11) is 3.72. The van der Waals surface area contributed by atoms with Crippen LogP contribution in [0.3, 0.4) is 0 Å².